The number of aromatic amines is 2. The maximum atomic E-state index is 16.4. The van der Waals surface area contributed by atoms with Crippen LogP contribution in [0.3, 0.4) is 0 Å². The van der Waals surface area contributed by atoms with E-state index < -0.39 is 24.2 Å². The van der Waals surface area contributed by atoms with Gasteiger partial charge >= 0.3 is 12.2 Å². The van der Waals surface area contributed by atoms with Gasteiger partial charge in [-0.15, -0.1) is 0 Å². The number of amides is 4. The molecule has 316 valence electrons. The SMILES string of the molecule is CCCN(Cc1ncc(-c2ccc3c(c2)C(F)(F)c2cc(-c4ccc5nc(CN(CCC)C(=O)[C@H](NC(=O)OC)c6ccccc6)[nH]c5c4)ccc2-3)[nH]1)C(=O)CNC(=O)OC. The third-order valence-corrected chi connectivity index (χ3v) is 10.5. The molecular formula is C45H46F2N8O6. The topological polar surface area (TPSA) is 175 Å². The molecule has 7 rings (SSSR count). The molecule has 0 fully saturated rings. The number of benzene rings is 4. The molecule has 14 nitrogen and oxygen atoms in total. The third-order valence-electron chi connectivity index (χ3n) is 10.5. The lowest BCUT2D eigenvalue weighted by Crippen LogP contribution is -2.43. The van der Waals surface area contributed by atoms with Crippen molar-refractivity contribution in [3.05, 3.63) is 119 Å². The number of carbonyl (C=O) groups excluding carboxylic acids is 4. The number of alkyl carbamates (subject to hydrolysis) is 2. The van der Waals surface area contributed by atoms with Crippen LogP contribution in [0, 0.1) is 0 Å². The van der Waals surface area contributed by atoms with Crippen molar-refractivity contribution in [3.63, 3.8) is 0 Å². The minimum absolute atomic E-state index is 0.107. The first-order chi connectivity index (χ1) is 29.4. The Hall–Kier alpha value is -7.10. The van der Waals surface area contributed by atoms with E-state index in [1.165, 1.54) is 26.4 Å². The van der Waals surface area contributed by atoms with Gasteiger partial charge in [0.1, 0.15) is 24.2 Å². The van der Waals surface area contributed by atoms with Crippen LogP contribution in [-0.4, -0.2) is 87.6 Å². The Kier molecular flexibility index (Phi) is 12.4. The molecule has 1 aliphatic carbocycles. The van der Waals surface area contributed by atoms with Crippen molar-refractivity contribution in [1.82, 2.24) is 40.4 Å². The van der Waals surface area contributed by atoms with Crippen molar-refractivity contribution in [2.75, 3.05) is 33.9 Å². The average molecular weight is 833 g/mol. The zero-order chi connectivity index (χ0) is 43.3. The summed E-state index contributed by atoms with van der Waals surface area (Å²) in [6.45, 7) is 4.75. The molecule has 4 aromatic carbocycles. The fraction of sp³-hybridized carbons (Fsp3) is 0.289. The zero-order valence-electron chi connectivity index (χ0n) is 34.2. The highest BCUT2D eigenvalue weighted by molar-refractivity contribution is 5.88. The molecule has 1 atom stereocenters. The van der Waals surface area contributed by atoms with Gasteiger partial charge in [0.25, 0.3) is 5.92 Å². The Balaban J connectivity index is 1.09. The number of H-pyrrole nitrogens is 2. The van der Waals surface area contributed by atoms with Crippen LogP contribution in [0.2, 0.25) is 0 Å². The van der Waals surface area contributed by atoms with E-state index in [0.717, 1.165) is 0 Å². The molecule has 2 heterocycles. The third kappa shape index (κ3) is 8.93. The molecule has 0 spiro atoms. The summed E-state index contributed by atoms with van der Waals surface area (Å²) in [5.41, 5.74) is 4.89. The number of nitrogens with one attached hydrogen (secondary N) is 4. The Morgan fingerprint density at radius 3 is 2.07 bits per heavy atom. The molecule has 61 heavy (non-hydrogen) atoms. The summed E-state index contributed by atoms with van der Waals surface area (Å²) in [6, 6.07) is 23.4. The number of nitrogens with zero attached hydrogens (tertiary/aromatic N) is 4. The minimum atomic E-state index is -3.29. The fourth-order valence-corrected chi connectivity index (χ4v) is 7.56. The van der Waals surface area contributed by atoms with Gasteiger partial charge in [0.2, 0.25) is 11.8 Å². The normalized spacial score (nSPS) is 12.9. The lowest BCUT2D eigenvalue weighted by atomic mass is 9.98. The maximum Gasteiger partial charge on any atom is 0.407 e. The maximum absolute atomic E-state index is 16.4. The van der Waals surface area contributed by atoms with Gasteiger partial charge in [-0.2, -0.15) is 8.78 Å². The summed E-state index contributed by atoms with van der Waals surface area (Å²) < 4.78 is 42.2. The number of hydrogen-bond acceptors (Lipinski definition) is 8. The van der Waals surface area contributed by atoms with Crippen LogP contribution < -0.4 is 10.6 Å². The molecule has 2 aromatic heterocycles. The van der Waals surface area contributed by atoms with Crippen LogP contribution in [0.25, 0.3) is 44.5 Å². The second kappa shape index (κ2) is 18.0. The quantitative estimate of drug-likeness (QED) is 0.0816. The first-order valence-electron chi connectivity index (χ1n) is 19.9. The van der Waals surface area contributed by atoms with Gasteiger partial charge in [-0.05, 0) is 64.9 Å². The highest BCUT2D eigenvalue weighted by atomic mass is 19.3. The molecule has 0 radical (unpaired) electrons. The number of aromatic nitrogens is 4. The zero-order valence-corrected chi connectivity index (χ0v) is 34.2. The number of ether oxygens (including phenoxy) is 2. The van der Waals surface area contributed by atoms with E-state index in [4.69, 9.17) is 9.72 Å². The number of fused-ring (bicyclic) bond motifs is 4. The number of methoxy groups -OCH3 is 2. The van der Waals surface area contributed by atoms with Crippen molar-refractivity contribution < 1.29 is 37.4 Å². The van der Waals surface area contributed by atoms with Crippen LogP contribution >= 0.6 is 0 Å². The van der Waals surface area contributed by atoms with E-state index in [9.17, 15) is 19.2 Å². The summed E-state index contributed by atoms with van der Waals surface area (Å²) in [6.07, 6.45) is 1.45. The van der Waals surface area contributed by atoms with Crippen LogP contribution in [-0.2, 0) is 38.1 Å². The van der Waals surface area contributed by atoms with E-state index >= 15 is 8.78 Å². The van der Waals surface area contributed by atoms with E-state index in [0.29, 0.717) is 87.7 Å². The Labute approximate surface area is 350 Å². The molecule has 0 aliphatic heterocycles. The molecule has 1 aliphatic rings. The Morgan fingerprint density at radius 2 is 1.38 bits per heavy atom. The first kappa shape index (κ1) is 42.0. The second-order valence-electron chi connectivity index (χ2n) is 14.7. The van der Waals surface area contributed by atoms with Crippen molar-refractivity contribution in [1.29, 1.82) is 0 Å². The molecule has 0 saturated heterocycles. The van der Waals surface area contributed by atoms with Crippen molar-refractivity contribution in [3.8, 4) is 33.5 Å². The average Bonchev–Trinajstić information content (AvgIpc) is 3.98. The van der Waals surface area contributed by atoms with E-state index in [-0.39, 0.29) is 42.6 Å². The summed E-state index contributed by atoms with van der Waals surface area (Å²) in [7, 11) is 2.45. The number of halogens is 2. The molecule has 6 aromatic rings. The lowest BCUT2D eigenvalue weighted by molar-refractivity contribution is -0.134. The van der Waals surface area contributed by atoms with Crippen molar-refractivity contribution >= 4 is 35.0 Å². The largest absolute Gasteiger partial charge is 0.453 e. The molecule has 0 unspecified atom stereocenters. The standard InChI is InChI=1S/C45H46F2N8O6/c1-5-18-54(40(56)24-49-43(58)60-3)25-38-48-23-37(52-38)30-13-16-32-31-15-12-28(20-33(31)45(46,47)34(32)21-30)29-14-17-35-36(22-29)51-39(50-35)26-55(19-6-2)42(57)41(53-44(59)61-4)27-10-8-7-9-11-27/h7-17,20-23,41H,5-6,18-19,24-26H2,1-4H3,(H,48,52)(H,49,58)(H,50,51)(H,53,59)/t41-/m1/s1. The number of imidazole rings is 2. The predicted molar refractivity (Wildman–Crippen MR) is 224 cm³/mol. The van der Waals surface area contributed by atoms with Gasteiger partial charge in [0.15, 0.2) is 0 Å². The number of rotatable bonds is 15. The molecule has 4 amide bonds. The lowest BCUT2D eigenvalue weighted by Gasteiger charge is -2.27. The smallest absolute Gasteiger partial charge is 0.407 e. The van der Waals surface area contributed by atoms with Gasteiger partial charge in [-0.3, -0.25) is 9.59 Å². The van der Waals surface area contributed by atoms with Crippen LogP contribution in [0.5, 0.6) is 0 Å². The minimum Gasteiger partial charge on any atom is -0.453 e. The summed E-state index contributed by atoms with van der Waals surface area (Å²) >= 11 is 0. The number of hydrogen-bond donors (Lipinski definition) is 4. The predicted octanol–water partition coefficient (Wildman–Crippen LogP) is 7.67. The Morgan fingerprint density at radius 1 is 0.754 bits per heavy atom. The second-order valence-corrected chi connectivity index (χ2v) is 14.7. The van der Waals surface area contributed by atoms with Crippen LogP contribution in [0.15, 0.2) is 91.1 Å². The monoisotopic (exact) mass is 832 g/mol. The summed E-state index contributed by atoms with van der Waals surface area (Å²) in [4.78, 5) is 69.2. The first-order valence-corrected chi connectivity index (χ1v) is 19.9. The van der Waals surface area contributed by atoms with E-state index in [2.05, 4.69) is 30.3 Å². The molecule has 0 bridgehead atoms. The van der Waals surface area contributed by atoms with Gasteiger partial charge in [-0.25, -0.2) is 19.6 Å². The van der Waals surface area contributed by atoms with Gasteiger partial charge in [0.05, 0.1) is 50.2 Å². The number of carbonyl (C=O) groups is 4. The highest BCUT2D eigenvalue weighted by Gasteiger charge is 2.44. The Bertz CT molecular complexity index is 2570. The summed E-state index contributed by atoms with van der Waals surface area (Å²) in [5.74, 6) is -2.95. The van der Waals surface area contributed by atoms with Gasteiger partial charge in [0, 0.05) is 29.8 Å². The summed E-state index contributed by atoms with van der Waals surface area (Å²) in [5, 5.41) is 5.05. The number of alkyl halides is 2. The fourth-order valence-electron chi connectivity index (χ4n) is 7.56. The molecular weight excluding hydrogens is 787 g/mol. The molecule has 16 heteroatoms. The van der Waals surface area contributed by atoms with E-state index in [1.807, 2.05) is 44.2 Å². The van der Waals surface area contributed by atoms with Crippen molar-refractivity contribution in [2.24, 2.45) is 0 Å². The molecule has 4 N–H and O–H groups in total. The van der Waals surface area contributed by atoms with Crippen LogP contribution in [0.1, 0.15) is 61.1 Å². The van der Waals surface area contributed by atoms with Gasteiger partial charge < -0.3 is 39.9 Å². The molecule has 0 saturated carbocycles. The van der Waals surface area contributed by atoms with Crippen molar-refractivity contribution in [2.45, 2.75) is 51.7 Å². The van der Waals surface area contributed by atoms with Gasteiger partial charge in [-0.1, -0.05) is 74.5 Å². The van der Waals surface area contributed by atoms with Crippen LogP contribution in [0.4, 0.5) is 18.4 Å². The highest BCUT2D eigenvalue weighted by Crippen LogP contribution is 2.52. The van der Waals surface area contributed by atoms with E-state index in [1.54, 1.807) is 58.5 Å².